The number of carbonyl (C=O) groups excluding carboxylic acids is 1. The molecule has 0 spiro atoms. The molecule has 4 rings (SSSR count). The first kappa shape index (κ1) is 17.4. The summed E-state index contributed by atoms with van der Waals surface area (Å²) in [6.45, 7) is 5.15. The molecule has 2 N–H and O–H groups in total. The Kier molecular flexibility index (Phi) is 4.68. The van der Waals surface area contributed by atoms with Crippen LogP contribution in [-0.2, 0) is 0 Å². The number of anilines is 2. The van der Waals surface area contributed by atoms with Crippen LogP contribution in [-0.4, -0.2) is 24.2 Å². The van der Waals surface area contributed by atoms with Crippen molar-refractivity contribution in [1.82, 2.24) is 4.98 Å². The number of hydrogen-bond donors (Lipinski definition) is 2. The Morgan fingerprint density at radius 3 is 2.63 bits per heavy atom. The molecule has 2 heterocycles. The van der Waals surface area contributed by atoms with Gasteiger partial charge in [0.2, 0.25) is 0 Å². The number of ether oxygens (including phenoxy) is 2. The quantitative estimate of drug-likeness (QED) is 0.681. The van der Waals surface area contributed by atoms with Gasteiger partial charge >= 0.3 is 6.03 Å². The third-order valence-corrected chi connectivity index (χ3v) is 5.09. The number of nitrogens with zero attached hydrogens (tertiary/aromatic N) is 1. The van der Waals surface area contributed by atoms with Crippen LogP contribution in [0.1, 0.15) is 11.1 Å². The largest absolute Gasteiger partial charge is 0.486 e. The van der Waals surface area contributed by atoms with Crippen LogP contribution < -0.4 is 20.1 Å². The molecule has 2 amide bonds. The highest BCUT2D eigenvalue weighted by atomic mass is 32.1. The predicted octanol–water partition coefficient (Wildman–Crippen LogP) is 4.84. The van der Waals surface area contributed by atoms with E-state index < -0.39 is 0 Å². The molecular weight excluding hydrogens is 362 g/mol. The molecule has 0 atom stereocenters. The zero-order valence-corrected chi connectivity index (χ0v) is 15.9. The van der Waals surface area contributed by atoms with Gasteiger partial charge in [-0.2, -0.15) is 0 Å². The van der Waals surface area contributed by atoms with Crippen molar-refractivity contribution in [2.75, 3.05) is 23.8 Å². The highest BCUT2D eigenvalue weighted by Crippen LogP contribution is 2.35. The lowest BCUT2D eigenvalue weighted by Gasteiger charge is -2.18. The first-order chi connectivity index (χ1) is 13.1. The van der Waals surface area contributed by atoms with Crippen molar-refractivity contribution >= 4 is 28.2 Å². The Morgan fingerprint density at radius 1 is 1.00 bits per heavy atom. The van der Waals surface area contributed by atoms with Crippen LogP contribution in [0.25, 0.3) is 11.3 Å². The summed E-state index contributed by atoms with van der Waals surface area (Å²) in [6.07, 6.45) is 0. The normalized spacial score (nSPS) is 12.5. The number of aryl methyl sites for hydroxylation is 2. The van der Waals surface area contributed by atoms with Gasteiger partial charge in [0.1, 0.15) is 13.2 Å². The molecule has 1 aromatic heterocycles. The molecule has 27 heavy (non-hydrogen) atoms. The van der Waals surface area contributed by atoms with Crippen LogP contribution in [0.4, 0.5) is 15.6 Å². The van der Waals surface area contributed by atoms with Crippen LogP contribution in [0.5, 0.6) is 11.5 Å². The minimum Gasteiger partial charge on any atom is -0.486 e. The van der Waals surface area contributed by atoms with E-state index in [1.807, 2.05) is 55.6 Å². The van der Waals surface area contributed by atoms with Crippen LogP contribution >= 0.6 is 11.3 Å². The van der Waals surface area contributed by atoms with Crippen LogP contribution in [0, 0.1) is 13.8 Å². The van der Waals surface area contributed by atoms with E-state index in [0.717, 1.165) is 28.3 Å². The van der Waals surface area contributed by atoms with E-state index in [1.165, 1.54) is 16.9 Å². The van der Waals surface area contributed by atoms with Crippen molar-refractivity contribution in [2.45, 2.75) is 13.8 Å². The molecule has 6 nitrogen and oxygen atoms in total. The van der Waals surface area contributed by atoms with E-state index in [1.54, 1.807) is 0 Å². The number of aromatic nitrogens is 1. The van der Waals surface area contributed by atoms with Gasteiger partial charge in [-0.3, -0.25) is 5.32 Å². The van der Waals surface area contributed by atoms with Crippen LogP contribution in [0.15, 0.2) is 41.8 Å². The first-order valence-corrected chi connectivity index (χ1v) is 9.47. The number of thiazole rings is 1. The average Bonchev–Trinajstić information content (AvgIpc) is 3.12. The number of amides is 2. The SMILES string of the molecule is Cc1ccc(NC(=O)Nc2nc(-c3ccc4c(c3)OCCO4)cs2)cc1C. The maximum atomic E-state index is 12.2. The zero-order chi connectivity index (χ0) is 18.8. The highest BCUT2D eigenvalue weighted by Gasteiger charge is 2.14. The fourth-order valence-electron chi connectivity index (χ4n) is 2.75. The van der Waals surface area contributed by atoms with Gasteiger partial charge in [-0.25, -0.2) is 9.78 Å². The fraction of sp³-hybridized carbons (Fsp3) is 0.200. The lowest BCUT2D eigenvalue weighted by Crippen LogP contribution is -2.19. The topological polar surface area (TPSA) is 72.5 Å². The van der Waals surface area contributed by atoms with Crippen molar-refractivity contribution in [1.29, 1.82) is 0 Å². The molecule has 2 aromatic carbocycles. The van der Waals surface area contributed by atoms with E-state index in [0.29, 0.717) is 24.1 Å². The Hall–Kier alpha value is -3.06. The minimum absolute atomic E-state index is 0.318. The number of fused-ring (bicyclic) bond motifs is 1. The van der Waals surface area contributed by atoms with Gasteiger partial charge in [0.25, 0.3) is 0 Å². The van der Waals surface area contributed by atoms with Gasteiger partial charge in [-0.05, 0) is 55.3 Å². The number of benzene rings is 2. The fourth-order valence-corrected chi connectivity index (χ4v) is 3.46. The molecular formula is C20H19N3O3S. The summed E-state index contributed by atoms with van der Waals surface area (Å²) in [5.74, 6) is 1.46. The molecule has 138 valence electrons. The molecule has 0 radical (unpaired) electrons. The molecule has 0 fully saturated rings. The van der Waals surface area contributed by atoms with E-state index in [4.69, 9.17) is 9.47 Å². The van der Waals surface area contributed by atoms with Gasteiger partial charge < -0.3 is 14.8 Å². The Balaban J connectivity index is 1.44. The molecule has 0 bridgehead atoms. The minimum atomic E-state index is -0.318. The molecule has 1 aliphatic heterocycles. The number of carbonyl (C=O) groups is 1. The lowest BCUT2D eigenvalue weighted by molar-refractivity contribution is 0.171. The highest BCUT2D eigenvalue weighted by molar-refractivity contribution is 7.14. The van der Waals surface area contributed by atoms with Crippen molar-refractivity contribution < 1.29 is 14.3 Å². The summed E-state index contributed by atoms with van der Waals surface area (Å²) in [7, 11) is 0. The van der Waals surface area contributed by atoms with Gasteiger partial charge in [0, 0.05) is 16.6 Å². The second kappa shape index (κ2) is 7.28. The summed E-state index contributed by atoms with van der Waals surface area (Å²) < 4.78 is 11.1. The lowest BCUT2D eigenvalue weighted by atomic mass is 10.1. The van der Waals surface area contributed by atoms with Gasteiger partial charge in [0.05, 0.1) is 5.69 Å². The Morgan fingerprint density at radius 2 is 1.81 bits per heavy atom. The van der Waals surface area contributed by atoms with Gasteiger partial charge in [0.15, 0.2) is 16.6 Å². The molecule has 0 saturated carbocycles. The standard InChI is InChI=1S/C20H19N3O3S/c1-12-3-5-15(9-13(12)2)21-19(24)23-20-22-16(11-27-20)14-4-6-17-18(10-14)26-8-7-25-17/h3-6,9-11H,7-8H2,1-2H3,(H2,21,22,23,24). The Bertz CT molecular complexity index is 1000. The first-order valence-electron chi connectivity index (χ1n) is 8.59. The van der Waals surface area contributed by atoms with Crippen molar-refractivity contribution in [3.63, 3.8) is 0 Å². The van der Waals surface area contributed by atoms with Crippen molar-refractivity contribution in [3.8, 4) is 22.8 Å². The molecule has 0 unspecified atom stereocenters. The third-order valence-electron chi connectivity index (χ3n) is 4.33. The summed E-state index contributed by atoms with van der Waals surface area (Å²) in [5, 5.41) is 8.04. The number of urea groups is 1. The second-order valence-corrected chi connectivity index (χ2v) is 7.13. The third kappa shape index (κ3) is 3.88. The summed E-state index contributed by atoms with van der Waals surface area (Å²) in [5.41, 5.74) is 4.75. The maximum Gasteiger partial charge on any atom is 0.325 e. The molecule has 0 aliphatic carbocycles. The average molecular weight is 381 g/mol. The van der Waals surface area contributed by atoms with Crippen LogP contribution in [0.2, 0.25) is 0 Å². The van der Waals surface area contributed by atoms with Gasteiger partial charge in [-0.1, -0.05) is 6.07 Å². The maximum absolute atomic E-state index is 12.2. The van der Waals surface area contributed by atoms with Crippen molar-refractivity contribution in [2.24, 2.45) is 0 Å². The number of rotatable bonds is 3. The number of nitrogens with one attached hydrogen (secondary N) is 2. The summed E-state index contributed by atoms with van der Waals surface area (Å²) in [6, 6.07) is 11.2. The van der Waals surface area contributed by atoms with Crippen molar-refractivity contribution in [3.05, 3.63) is 52.9 Å². The van der Waals surface area contributed by atoms with E-state index >= 15 is 0 Å². The molecule has 7 heteroatoms. The molecule has 3 aromatic rings. The van der Waals surface area contributed by atoms with E-state index in [-0.39, 0.29) is 6.03 Å². The predicted molar refractivity (Wildman–Crippen MR) is 107 cm³/mol. The number of hydrogen-bond acceptors (Lipinski definition) is 5. The summed E-state index contributed by atoms with van der Waals surface area (Å²) in [4.78, 5) is 16.7. The molecule has 1 aliphatic rings. The smallest absolute Gasteiger partial charge is 0.325 e. The van der Waals surface area contributed by atoms with Gasteiger partial charge in [-0.15, -0.1) is 11.3 Å². The summed E-state index contributed by atoms with van der Waals surface area (Å²) >= 11 is 1.37. The zero-order valence-electron chi connectivity index (χ0n) is 15.0. The molecule has 0 saturated heterocycles. The van der Waals surface area contributed by atoms with E-state index in [9.17, 15) is 4.79 Å². The monoisotopic (exact) mass is 381 g/mol. The Labute approximate surface area is 161 Å². The van der Waals surface area contributed by atoms with Crippen LogP contribution in [0.3, 0.4) is 0 Å². The van der Waals surface area contributed by atoms with E-state index in [2.05, 4.69) is 15.6 Å². The second-order valence-electron chi connectivity index (χ2n) is 6.27.